The van der Waals surface area contributed by atoms with E-state index in [1.165, 1.54) is 0 Å². The molecule has 0 spiro atoms. The Kier molecular flexibility index (Phi) is 6.49. The molecule has 6 aromatic carbocycles. The van der Waals surface area contributed by atoms with Crippen molar-refractivity contribution in [3.8, 4) is 52.4 Å². The van der Waals surface area contributed by atoms with E-state index in [9.17, 15) is 15.8 Å². The minimum absolute atomic E-state index is 0.255. The molecule has 230 valence electrons. The van der Waals surface area contributed by atoms with Crippen LogP contribution >= 0.6 is 0 Å². The molecule has 0 aliphatic rings. The quantitative estimate of drug-likeness (QED) is 0.191. The fraction of sp³-hybridized carbons (Fsp3) is 0. The third-order valence-corrected chi connectivity index (χ3v) is 9.22. The van der Waals surface area contributed by atoms with E-state index in [2.05, 4.69) is 77.4 Å². The van der Waals surface area contributed by atoms with Crippen LogP contribution in [0.25, 0.3) is 77.8 Å². The van der Waals surface area contributed by atoms with Gasteiger partial charge in [0.2, 0.25) is 5.95 Å². The summed E-state index contributed by atoms with van der Waals surface area (Å²) in [6, 6.07) is 52.4. The van der Waals surface area contributed by atoms with Crippen molar-refractivity contribution in [2.75, 3.05) is 0 Å². The molecule has 3 aromatic heterocycles. The van der Waals surface area contributed by atoms with Crippen LogP contribution in [0.4, 0.5) is 0 Å². The van der Waals surface area contributed by atoms with Gasteiger partial charge in [-0.25, -0.2) is 9.97 Å². The Balaban J connectivity index is 1.41. The molecule has 7 heteroatoms. The normalized spacial score (nSPS) is 11.1. The van der Waals surface area contributed by atoms with Gasteiger partial charge in [-0.2, -0.15) is 15.8 Å². The minimum Gasteiger partial charge on any atom is -0.307 e. The fourth-order valence-electron chi connectivity index (χ4n) is 7.05. The van der Waals surface area contributed by atoms with E-state index in [-0.39, 0.29) is 16.7 Å². The lowest BCUT2D eigenvalue weighted by Gasteiger charge is -2.13. The van der Waals surface area contributed by atoms with E-state index in [1.807, 2.05) is 77.4 Å². The summed E-state index contributed by atoms with van der Waals surface area (Å²) < 4.78 is 4.10. The molecule has 50 heavy (non-hydrogen) atoms. The van der Waals surface area contributed by atoms with E-state index < -0.39 is 0 Å². The zero-order valence-corrected chi connectivity index (χ0v) is 26.4. The Labute approximate surface area is 286 Å². The number of fused-ring (bicyclic) bond motifs is 6. The minimum atomic E-state index is 0.255. The van der Waals surface area contributed by atoms with Gasteiger partial charge in [-0.3, -0.25) is 4.57 Å². The summed E-state index contributed by atoms with van der Waals surface area (Å²) in [6.07, 6.45) is 0. The first-order valence-corrected chi connectivity index (χ1v) is 16.0. The highest BCUT2D eigenvalue weighted by Crippen LogP contribution is 2.40. The number of hydrogen-bond acceptors (Lipinski definition) is 5. The van der Waals surface area contributed by atoms with Crippen LogP contribution in [-0.2, 0) is 0 Å². The second-order valence-electron chi connectivity index (χ2n) is 12.0. The van der Waals surface area contributed by atoms with Crippen LogP contribution in [0.2, 0.25) is 0 Å². The summed E-state index contributed by atoms with van der Waals surface area (Å²) in [5.41, 5.74) is 8.38. The van der Waals surface area contributed by atoms with Gasteiger partial charge < -0.3 is 4.57 Å². The number of para-hydroxylation sites is 2. The van der Waals surface area contributed by atoms with Crippen molar-refractivity contribution in [1.82, 2.24) is 19.1 Å². The molecule has 0 amide bonds. The zero-order chi connectivity index (χ0) is 33.8. The van der Waals surface area contributed by atoms with Crippen molar-refractivity contribution >= 4 is 43.6 Å². The Hall–Kier alpha value is -7.53. The van der Waals surface area contributed by atoms with Crippen LogP contribution < -0.4 is 0 Å². The zero-order valence-electron chi connectivity index (χ0n) is 26.4. The van der Waals surface area contributed by atoms with Crippen molar-refractivity contribution in [2.45, 2.75) is 0 Å². The van der Waals surface area contributed by atoms with E-state index in [4.69, 9.17) is 9.97 Å². The average Bonchev–Trinajstić information content (AvgIpc) is 3.68. The van der Waals surface area contributed by atoms with E-state index >= 15 is 0 Å². The first kappa shape index (κ1) is 28.7. The first-order chi connectivity index (χ1) is 24.7. The Morgan fingerprint density at radius 1 is 0.420 bits per heavy atom. The summed E-state index contributed by atoms with van der Waals surface area (Å²) in [6.45, 7) is 0. The SMILES string of the molecule is N#Cc1cc(C#N)c(-n2c3ccccc3c3cc4c(cc32)c2ccccc2n4-c2nc(-c3ccccc3)cc(-c3ccccc3)n2)c(C#N)c1. The molecular formula is C43H23N7. The maximum absolute atomic E-state index is 10.3. The lowest BCUT2D eigenvalue weighted by molar-refractivity contribution is 0.996. The van der Waals surface area contributed by atoms with Gasteiger partial charge in [0.1, 0.15) is 12.1 Å². The van der Waals surface area contributed by atoms with E-state index in [0.717, 1.165) is 66.1 Å². The Bertz CT molecular complexity index is 2860. The highest BCUT2D eigenvalue weighted by Gasteiger charge is 2.23. The molecule has 0 saturated heterocycles. The highest BCUT2D eigenvalue weighted by molar-refractivity contribution is 6.19. The van der Waals surface area contributed by atoms with Crippen LogP contribution in [0.3, 0.4) is 0 Å². The Morgan fingerprint density at radius 2 is 0.880 bits per heavy atom. The molecular weight excluding hydrogens is 615 g/mol. The van der Waals surface area contributed by atoms with Crippen LogP contribution in [0.1, 0.15) is 16.7 Å². The smallest absolute Gasteiger partial charge is 0.235 e. The Morgan fingerprint density at radius 3 is 1.38 bits per heavy atom. The topological polar surface area (TPSA) is 107 Å². The van der Waals surface area contributed by atoms with Crippen molar-refractivity contribution in [1.29, 1.82) is 15.8 Å². The molecule has 0 saturated carbocycles. The van der Waals surface area contributed by atoms with E-state index in [1.54, 1.807) is 12.1 Å². The number of hydrogen-bond donors (Lipinski definition) is 0. The first-order valence-electron chi connectivity index (χ1n) is 16.0. The molecule has 0 fully saturated rings. The summed E-state index contributed by atoms with van der Waals surface area (Å²) in [5, 5.41) is 34.0. The molecule has 0 atom stereocenters. The van der Waals surface area contributed by atoms with Crippen LogP contribution in [0, 0.1) is 34.0 Å². The summed E-state index contributed by atoms with van der Waals surface area (Å²) >= 11 is 0. The van der Waals surface area contributed by atoms with Crippen LogP contribution in [0.5, 0.6) is 0 Å². The third kappa shape index (κ3) is 4.34. The van der Waals surface area contributed by atoms with Gasteiger partial charge in [-0.05, 0) is 42.5 Å². The standard InChI is InChI=1S/C43H23N7/c44-24-27-19-30(25-45)42(31(20-27)26-46)49-38-17-9-7-15-32(38)34-22-41-35(21-40(34)49)33-16-8-10-18-39(33)50(41)43-47-36(28-11-3-1-4-12-28)23-37(48-43)29-13-5-2-6-14-29/h1-23H. The van der Waals surface area contributed by atoms with Crippen molar-refractivity contribution in [3.05, 3.63) is 156 Å². The van der Waals surface area contributed by atoms with Gasteiger partial charge in [0.05, 0.1) is 61.9 Å². The summed E-state index contributed by atoms with van der Waals surface area (Å²) in [5.74, 6) is 0.546. The van der Waals surface area contributed by atoms with Crippen LogP contribution in [0.15, 0.2) is 140 Å². The van der Waals surface area contributed by atoms with Crippen molar-refractivity contribution in [3.63, 3.8) is 0 Å². The number of benzene rings is 6. The summed E-state index contributed by atoms with van der Waals surface area (Å²) in [4.78, 5) is 10.4. The maximum Gasteiger partial charge on any atom is 0.235 e. The van der Waals surface area contributed by atoms with Gasteiger partial charge in [-0.1, -0.05) is 97.1 Å². The predicted octanol–water partition coefficient (Wildman–Crippen LogP) is 9.62. The molecule has 0 radical (unpaired) electrons. The molecule has 0 N–H and O–H groups in total. The van der Waals surface area contributed by atoms with Gasteiger partial charge in [0.15, 0.2) is 0 Å². The molecule has 9 aromatic rings. The van der Waals surface area contributed by atoms with Crippen LogP contribution in [-0.4, -0.2) is 19.1 Å². The van der Waals surface area contributed by atoms with Crippen molar-refractivity contribution < 1.29 is 0 Å². The number of nitriles is 3. The molecule has 0 bridgehead atoms. The number of aromatic nitrogens is 4. The molecule has 0 aliphatic carbocycles. The molecule has 0 unspecified atom stereocenters. The van der Waals surface area contributed by atoms with Gasteiger partial charge in [0, 0.05) is 32.7 Å². The predicted molar refractivity (Wildman–Crippen MR) is 196 cm³/mol. The average molecular weight is 638 g/mol. The fourth-order valence-corrected chi connectivity index (χ4v) is 7.05. The molecule has 9 rings (SSSR count). The second-order valence-corrected chi connectivity index (χ2v) is 12.0. The maximum atomic E-state index is 10.3. The van der Waals surface area contributed by atoms with Crippen molar-refractivity contribution in [2.24, 2.45) is 0 Å². The second kappa shape index (κ2) is 11.3. The monoisotopic (exact) mass is 637 g/mol. The van der Waals surface area contributed by atoms with Gasteiger partial charge >= 0.3 is 0 Å². The lowest BCUT2D eigenvalue weighted by atomic mass is 10.0. The molecule has 7 nitrogen and oxygen atoms in total. The largest absolute Gasteiger partial charge is 0.307 e. The molecule has 3 heterocycles. The van der Waals surface area contributed by atoms with Gasteiger partial charge in [-0.15, -0.1) is 0 Å². The van der Waals surface area contributed by atoms with Gasteiger partial charge in [0.25, 0.3) is 0 Å². The highest BCUT2D eigenvalue weighted by atomic mass is 15.2. The van der Waals surface area contributed by atoms with E-state index in [0.29, 0.717) is 11.6 Å². The third-order valence-electron chi connectivity index (χ3n) is 9.22. The number of nitrogens with zero attached hydrogens (tertiary/aromatic N) is 7. The molecule has 0 aliphatic heterocycles. The lowest BCUT2D eigenvalue weighted by Crippen LogP contribution is -2.04. The number of rotatable bonds is 4. The summed E-state index contributed by atoms with van der Waals surface area (Å²) in [7, 11) is 0.